The molecule has 5 heterocycles. The lowest BCUT2D eigenvalue weighted by molar-refractivity contribution is -0.122. The predicted octanol–water partition coefficient (Wildman–Crippen LogP) is 5.29. The number of piperidine rings is 1. The molecule has 0 unspecified atom stereocenters. The molecule has 4 aromatic heterocycles. The van der Waals surface area contributed by atoms with Gasteiger partial charge in [-0.1, -0.05) is 12.5 Å². The van der Waals surface area contributed by atoms with Crippen molar-refractivity contribution < 1.29 is 4.79 Å². The monoisotopic (exact) mass is 492 g/mol. The molecule has 9 heteroatoms. The number of aromatic amines is 2. The van der Waals surface area contributed by atoms with E-state index in [1.165, 1.54) is 24.9 Å². The molecule has 3 N–H and O–H groups in total. The fraction of sp³-hybridized carbons (Fsp3) is 0.321. The van der Waals surface area contributed by atoms with Gasteiger partial charge in [0.2, 0.25) is 5.91 Å². The van der Waals surface area contributed by atoms with Crippen molar-refractivity contribution in [1.82, 2.24) is 30.1 Å². The molecule has 9 nitrogen and oxygen atoms in total. The van der Waals surface area contributed by atoms with Crippen molar-refractivity contribution in [2.24, 2.45) is 5.92 Å². The summed E-state index contributed by atoms with van der Waals surface area (Å²) in [5.74, 6) is 0.910. The number of amides is 1. The molecule has 0 atom stereocenters. The number of pyridine rings is 2. The summed E-state index contributed by atoms with van der Waals surface area (Å²) in [4.78, 5) is 32.3. The number of carbonyl (C=O) groups excluding carboxylic acids is 1. The third-order valence-electron chi connectivity index (χ3n) is 7.64. The van der Waals surface area contributed by atoms with Crippen molar-refractivity contribution in [3.05, 3.63) is 48.9 Å². The molecule has 1 saturated carbocycles. The van der Waals surface area contributed by atoms with Gasteiger partial charge >= 0.3 is 0 Å². The zero-order valence-electron chi connectivity index (χ0n) is 20.5. The number of nitrogens with zero attached hydrogens (tertiary/aromatic N) is 5. The zero-order chi connectivity index (χ0) is 24.8. The Labute approximate surface area is 213 Å². The van der Waals surface area contributed by atoms with Gasteiger partial charge in [-0.2, -0.15) is 5.10 Å². The van der Waals surface area contributed by atoms with Crippen LogP contribution in [0.4, 0.5) is 11.4 Å². The Morgan fingerprint density at radius 3 is 2.73 bits per heavy atom. The molecule has 0 radical (unpaired) electrons. The maximum Gasteiger partial charge on any atom is 0.227 e. The van der Waals surface area contributed by atoms with Crippen molar-refractivity contribution in [3.8, 4) is 22.8 Å². The van der Waals surface area contributed by atoms with E-state index in [0.717, 1.165) is 77.1 Å². The van der Waals surface area contributed by atoms with E-state index in [4.69, 9.17) is 4.98 Å². The summed E-state index contributed by atoms with van der Waals surface area (Å²) < 4.78 is 0. The molecule has 1 aliphatic carbocycles. The standard InChI is InChI=1S/C28H28N8O/c37-28(17-6-4-7-17)31-19-12-18(14-29-15-19)22-13-20-23(16-30-22)34-35-25(20)27-32-21-8-5-9-24(26(21)33-27)36-10-2-1-3-11-36/h5,8-9,12-17H,1-4,6-7,10-11H2,(H,31,37)(H,32,33)(H,34,35). The maximum atomic E-state index is 12.4. The van der Waals surface area contributed by atoms with E-state index in [2.05, 4.69) is 53.6 Å². The van der Waals surface area contributed by atoms with Gasteiger partial charge in [0.25, 0.3) is 0 Å². The Bertz CT molecular complexity index is 1610. The first kappa shape index (κ1) is 22.0. The van der Waals surface area contributed by atoms with Crippen LogP contribution in [0.25, 0.3) is 44.7 Å². The summed E-state index contributed by atoms with van der Waals surface area (Å²) in [6, 6.07) is 10.2. The summed E-state index contributed by atoms with van der Waals surface area (Å²) >= 11 is 0. The molecule has 0 bridgehead atoms. The molecule has 1 amide bonds. The molecule has 2 fully saturated rings. The van der Waals surface area contributed by atoms with E-state index in [1.807, 2.05) is 12.1 Å². The molecular weight excluding hydrogens is 464 g/mol. The van der Waals surface area contributed by atoms with Crippen LogP contribution in [-0.2, 0) is 4.79 Å². The number of fused-ring (bicyclic) bond motifs is 2. The fourth-order valence-corrected chi connectivity index (χ4v) is 5.34. The smallest absolute Gasteiger partial charge is 0.227 e. The van der Waals surface area contributed by atoms with E-state index in [-0.39, 0.29) is 11.8 Å². The summed E-state index contributed by atoms with van der Waals surface area (Å²) in [6.45, 7) is 2.13. The molecular formula is C28H28N8O. The number of hydrogen-bond donors (Lipinski definition) is 3. The van der Waals surface area contributed by atoms with Crippen molar-refractivity contribution in [2.45, 2.75) is 38.5 Å². The molecule has 186 valence electrons. The average Bonchev–Trinajstić information content (AvgIpc) is 3.52. The van der Waals surface area contributed by atoms with Crippen LogP contribution in [0, 0.1) is 5.92 Å². The van der Waals surface area contributed by atoms with E-state index in [9.17, 15) is 4.79 Å². The van der Waals surface area contributed by atoms with Gasteiger partial charge in [0.05, 0.1) is 40.5 Å². The minimum Gasteiger partial charge on any atom is -0.370 e. The van der Waals surface area contributed by atoms with Crippen LogP contribution < -0.4 is 10.2 Å². The molecule has 1 aliphatic heterocycles. The highest BCUT2D eigenvalue weighted by Gasteiger charge is 2.25. The number of aromatic nitrogens is 6. The Kier molecular flexibility index (Phi) is 5.34. The highest BCUT2D eigenvalue weighted by atomic mass is 16.1. The Balaban J connectivity index is 1.23. The Morgan fingerprint density at radius 2 is 1.89 bits per heavy atom. The largest absolute Gasteiger partial charge is 0.370 e. The van der Waals surface area contributed by atoms with Crippen LogP contribution in [0.1, 0.15) is 38.5 Å². The van der Waals surface area contributed by atoms with E-state index >= 15 is 0 Å². The Hall–Kier alpha value is -4.27. The first-order valence-corrected chi connectivity index (χ1v) is 13.1. The van der Waals surface area contributed by atoms with Crippen molar-refractivity contribution >= 4 is 39.2 Å². The van der Waals surface area contributed by atoms with E-state index in [1.54, 1.807) is 18.6 Å². The highest BCUT2D eigenvalue weighted by molar-refractivity contribution is 5.97. The first-order chi connectivity index (χ1) is 18.2. The van der Waals surface area contributed by atoms with Gasteiger partial charge in [0.1, 0.15) is 11.2 Å². The SMILES string of the molecule is O=C(Nc1cncc(-c2cc3c(-c4nc5c(N6CCCCC6)cccc5[nH]4)n[nH]c3cn2)c1)C1CCC1. The maximum absolute atomic E-state index is 12.4. The second-order valence-corrected chi connectivity index (χ2v) is 10.1. The predicted molar refractivity (Wildman–Crippen MR) is 144 cm³/mol. The quantitative estimate of drug-likeness (QED) is 0.307. The molecule has 1 aromatic carbocycles. The molecule has 2 aliphatic rings. The topological polar surface area (TPSA) is 115 Å². The molecule has 1 saturated heterocycles. The number of carbonyl (C=O) groups is 1. The van der Waals surface area contributed by atoms with Gasteiger partial charge < -0.3 is 15.2 Å². The van der Waals surface area contributed by atoms with E-state index in [0.29, 0.717) is 5.69 Å². The summed E-state index contributed by atoms with van der Waals surface area (Å²) in [5, 5.41) is 11.6. The third kappa shape index (κ3) is 4.00. The minimum absolute atomic E-state index is 0.0690. The number of rotatable bonds is 5. The van der Waals surface area contributed by atoms with Gasteiger partial charge in [0.15, 0.2) is 5.82 Å². The number of H-pyrrole nitrogens is 2. The lowest BCUT2D eigenvalue weighted by atomic mass is 9.85. The van der Waals surface area contributed by atoms with Gasteiger partial charge in [-0.05, 0) is 56.4 Å². The summed E-state index contributed by atoms with van der Waals surface area (Å²) in [7, 11) is 0. The minimum atomic E-state index is 0.0690. The third-order valence-corrected chi connectivity index (χ3v) is 7.64. The number of anilines is 2. The fourth-order valence-electron chi connectivity index (χ4n) is 5.34. The zero-order valence-corrected chi connectivity index (χ0v) is 20.5. The number of para-hydroxylation sites is 1. The second kappa shape index (κ2) is 8.99. The lowest BCUT2D eigenvalue weighted by Gasteiger charge is -2.28. The number of benzene rings is 1. The summed E-state index contributed by atoms with van der Waals surface area (Å²) in [6.07, 6.45) is 12.0. The lowest BCUT2D eigenvalue weighted by Crippen LogP contribution is -2.29. The van der Waals surface area contributed by atoms with Crippen LogP contribution >= 0.6 is 0 Å². The van der Waals surface area contributed by atoms with Gasteiger partial charge in [-0.15, -0.1) is 0 Å². The number of imidazole rings is 1. The highest BCUT2D eigenvalue weighted by Crippen LogP contribution is 2.33. The second-order valence-electron chi connectivity index (χ2n) is 10.1. The van der Waals surface area contributed by atoms with Crippen molar-refractivity contribution in [1.29, 1.82) is 0 Å². The van der Waals surface area contributed by atoms with E-state index < -0.39 is 0 Å². The van der Waals surface area contributed by atoms with Crippen molar-refractivity contribution in [2.75, 3.05) is 23.3 Å². The normalized spacial score (nSPS) is 16.3. The van der Waals surface area contributed by atoms with Crippen LogP contribution in [0.3, 0.4) is 0 Å². The molecule has 7 rings (SSSR count). The van der Waals surface area contributed by atoms with Crippen LogP contribution in [0.15, 0.2) is 48.9 Å². The Morgan fingerprint density at radius 1 is 1.00 bits per heavy atom. The number of hydrogen-bond acceptors (Lipinski definition) is 6. The van der Waals surface area contributed by atoms with Gasteiger partial charge in [0, 0.05) is 36.2 Å². The van der Waals surface area contributed by atoms with Gasteiger partial charge in [-0.25, -0.2) is 4.98 Å². The number of nitrogens with one attached hydrogen (secondary N) is 3. The van der Waals surface area contributed by atoms with Crippen molar-refractivity contribution in [3.63, 3.8) is 0 Å². The molecule has 0 spiro atoms. The molecule has 37 heavy (non-hydrogen) atoms. The average molecular weight is 493 g/mol. The van der Waals surface area contributed by atoms with Crippen LogP contribution in [0.2, 0.25) is 0 Å². The first-order valence-electron chi connectivity index (χ1n) is 13.1. The molecule has 5 aromatic rings. The van der Waals surface area contributed by atoms with Gasteiger partial charge in [-0.3, -0.25) is 19.9 Å². The van der Waals surface area contributed by atoms with Crippen LogP contribution in [0.5, 0.6) is 0 Å². The summed E-state index contributed by atoms with van der Waals surface area (Å²) in [5.41, 5.74) is 7.01. The van der Waals surface area contributed by atoms with Crippen LogP contribution in [-0.4, -0.2) is 49.1 Å².